The lowest BCUT2D eigenvalue weighted by Gasteiger charge is -2.35. The van der Waals surface area contributed by atoms with Crippen molar-refractivity contribution in [2.45, 2.75) is 69.0 Å². The lowest BCUT2D eigenvalue weighted by molar-refractivity contribution is -0.140. The Bertz CT molecular complexity index is 1790. The number of anilines is 1. The molecule has 0 heterocycles. The minimum atomic E-state index is -4.41. The average Bonchev–Trinajstić information content (AvgIpc) is 3.10. The summed E-state index contributed by atoms with van der Waals surface area (Å²) >= 11 is 0. The number of carbonyl (C=O) groups excluding carboxylic acids is 2. The molecule has 1 atom stereocenters. The van der Waals surface area contributed by atoms with Crippen molar-refractivity contribution in [1.29, 1.82) is 0 Å². The zero-order valence-electron chi connectivity index (χ0n) is 27.3. The predicted octanol–water partition coefficient (Wildman–Crippen LogP) is 6.43. The van der Waals surface area contributed by atoms with Gasteiger partial charge in [0.2, 0.25) is 11.8 Å². The number of para-hydroxylation sites is 1. The average molecular weight is 672 g/mol. The summed E-state index contributed by atoms with van der Waals surface area (Å²) < 4.78 is 49.9. The van der Waals surface area contributed by atoms with E-state index in [4.69, 9.17) is 4.74 Å². The van der Waals surface area contributed by atoms with Crippen LogP contribution in [0.25, 0.3) is 0 Å². The monoisotopic (exact) mass is 671 g/mol. The molecule has 1 fully saturated rings. The molecule has 4 aromatic carbocycles. The molecule has 1 saturated carbocycles. The van der Waals surface area contributed by atoms with Crippen molar-refractivity contribution < 1.29 is 27.1 Å². The van der Waals surface area contributed by atoms with E-state index in [-0.39, 0.29) is 35.5 Å². The summed E-state index contributed by atoms with van der Waals surface area (Å²) in [4.78, 5) is 30.2. The van der Waals surface area contributed by atoms with E-state index in [2.05, 4.69) is 5.32 Å². The number of rotatable bonds is 13. The highest BCUT2D eigenvalue weighted by Gasteiger charge is 2.36. The van der Waals surface area contributed by atoms with Crippen LogP contribution < -0.4 is 14.4 Å². The van der Waals surface area contributed by atoms with E-state index in [1.165, 1.54) is 35.2 Å². The van der Waals surface area contributed by atoms with E-state index < -0.39 is 34.3 Å². The molecular weight excluding hydrogens is 629 g/mol. The van der Waals surface area contributed by atoms with Crippen molar-refractivity contribution in [3.63, 3.8) is 0 Å². The third-order valence-electron chi connectivity index (χ3n) is 8.72. The van der Waals surface area contributed by atoms with Gasteiger partial charge in [0.05, 0.1) is 17.7 Å². The van der Waals surface area contributed by atoms with Crippen LogP contribution >= 0.6 is 0 Å². The van der Waals surface area contributed by atoms with Crippen molar-refractivity contribution in [2.24, 2.45) is 0 Å². The summed E-state index contributed by atoms with van der Waals surface area (Å²) in [7, 11) is -2.87. The number of hydrogen-bond donors (Lipinski definition) is 1. The second-order valence-electron chi connectivity index (χ2n) is 12.2. The number of nitrogens with one attached hydrogen (secondary N) is 1. The van der Waals surface area contributed by atoms with Gasteiger partial charge in [-0.25, -0.2) is 12.8 Å². The predicted molar refractivity (Wildman–Crippen MR) is 185 cm³/mol. The number of aryl methyl sites for hydroxylation is 1. The van der Waals surface area contributed by atoms with Crippen LogP contribution in [0.2, 0.25) is 0 Å². The van der Waals surface area contributed by atoms with Gasteiger partial charge in [-0.1, -0.05) is 91.6 Å². The number of ether oxygens (including phenoxy) is 1. The molecule has 0 saturated heterocycles. The maximum Gasteiger partial charge on any atom is 0.264 e. The van der Waals surface area contributed by atoms with Crippen LogP contribution in [-0.4, -0.2) is 50.9 Å². The van der Waals surface area contributed by atoms with E-state index in [1.807, 2.05) is 43.3 Å². The van der Waals surface area contributed by atoms with Crippen molar-refractivity contribution >= 4 is 27.5 Å². The third kappa shape index (κ3) is 8.60. The van der Waals surface area contributed by atoms with Gasteiger partial charge >= 0.3 is 0 Å². The van der Waals surface area contributed by atoms with Crippen molar-refractivity contribution in [3.05, 3.63) is 126 Å². The number of hydrogen-bond acceptors (Lipinski definition) is 5. The molecule has 0 bridgehead atoms. The van der Waals surface area contributed by atoms with Gasteiger partial charge < -0.3 is 15.0 Å². The first kappa shape index (κ1) is 34.6. The highest BCUT2D eigenvalue weighted by atomic mass is 32.2. The topological polar surface area (TPSA) is 96.0 Å². The molecule has 4 aromatic rings. The molecule has 2 amide bonds. The Balaban J connectivity index is 1.58. The number of carbonyl (C=O) groups is 2. The quantitative estimate of drug-likeness (QED) is 0.177. The number of amides is 2. The number of halogens is 1. The van der Waals surface area contributed by atoms with Crippen LogP contribution in [0.1, 0.15) is 48.8 Å². The Morgan fingerprint density at radius 3 is 2.23 bits per heavy atom. The molecule has 1 aliphatic rings. The van der Waals surface area contributed by atoms with E-state index in [1.54, 1.807) is 37.4 Å². The van der Waals surface area contributed by atoms with Crippen LogP contribution in [0.4, 0.5) is 10.1 Å². The summed E-state index contributed by atoms with van der Waals surface area (Å²) in [5.41, 5.74) is 2.10. The maximum atomic E-state index is 15.4. The number of sulfonamides is 1. The first-order chi connectivity index (χ1) is 23.2. The van der Waals surface area contributed by atoms with E-state index in [9.17, 15) is 18.0 Å². The Hall–Kier alpha value is -4.70. The molecule has 48 heavy (non-hydrogen) atoms. The molecule has 252 valence electrons. The molecule has 0 radical (unpaired) electrons. The van der Waals surface area contributed by atoms with Crippen LogP contribution in [0.3, 0.4) is 0 Å². The lowest BCUT2D eigenvalue weighted by atomic mass is 9.94. The van der Waals surface area contributed by atoms with Crippen LogP contribution in [-0.2, 0) is 32.6 Å². The Kier molecular flexibility index (Phi) is 11.5. The number of nitrogens with zero attached hydrogens (tertiary/aromatic N) is 2. The largest absolute Gasteiger partial charge is 0.497 e. The van der Waals surface area contributed by atoms with Gasteiger partial charge in [0.25, 0.3) is 10.0 Å². The Morgan fingerprint density at radius 1 is 0.875 bits per heavy atom. The van der Waals surface area contributed by atoms with Gasteiger partial charge in [-0.3, -0.25) is 13.9 Å². The van der Waals surface area contributed by atoms with Gasteiger partial charge in [-0.15, -0.1) is 0 Å². The van der Waals surface area contributed by atoms with Gasteiger partial charge in [0.15, 0.2) is 0 Å². The summed E-state index contributed by atoms with van der Waals surface area (Å²) in [6.07, 6.45) is 5.03. The fourth-order valence-electron chi connectivity index (χ4n) is 6.07. The number of methoxy groups -OCH3 is 1. The smallest absolute Gasteiger partial charge is 0.264 e. The molecule has 1 unspecified atom stereocenters. The van der Waals surface area contributed by atoms with Crippen LogP contribution in [0.5, 0.6) is 5.75 Å². The Labute approximate surface area is 282 Å². The highest BCUT2D eigenvalue weighted by molar-refractivity contribution is 7.92. The minimum Gasteiger partial charge on any atom is -0.497 e. The molecule has 8 nitrogen and oxygen atoms in total. The van der Waals surface area contributed by atoms with E-state index in [0.29, 0.717) is 11.3 Å². The highest BCUT2D eigenvalue weighted by Crippen LogP contribution is 2.28. The molecular formula is C38H42FN3O5S. The zero-order valence-corrected chi connectivity index (χ0v) is 28.2. The van der Waals surface area contributed by atoms with Crippen LogP contribution in [0, 0.1) is 12.7 Å². The number of benzene rings is 4. The molecule has 0 aromatic heterocycles. The maximum absolute atomic E-state index is 15.4. The summed E-state index contributed by atoms with van der Waals surface area (Å²) in [5, 5.41) is 3.19. The second kappa shape index (κ2) is 15.9. The third-order valence-corrected chi connectivity index (χ3v) is 10.5. The zero-order chi connectivity index (χ0) is 34.1. The minimum absolute atomic E-state index is 0.0126. The van der Waals surface area contributed by atoms with E-state index in [0.717, 1.165) is 53.6 Å². The SMILES string of the molecule is COc1cccc(CN(C(=O)CN(c2ccccc2F)S(=O)(=O)c2ccc(C)cc2)C(Cc2ccccc2)C(=O)NC2CCCCC2)c1. The standard InChI is InChI=1S/C38H42FN3O5S/c1-28-20-22-33(23-21-28)48(45,46)42(35-19-10-9-18-34(35)39)27-37(43)41(26-30-14-11-17-32(24-30)47-2)36(25-29-12-5-3-6-13-29)38(44)40-31-15-7-4-8-16-31/h3,5-6,9-14,17-24,31,36H,4,7-8,15-16,25-27H2,1-2H3,(H,40,44). The lowest BCUT2D eigenvalue weighted by Crippen LogP contribution is -2.55. The normalized spacial score (nSPS) is 14.1. The first-order valence-corrected chi connectivity index (χ1v) is 17.7. The molecule has 1 N–H and O–H groups in total. The van der Waals surface area contributed by atoms with E-state index >= 15 is 4.39 Å². The fourth-order valence-corrected chi connectivity index (χ4v) is 7.49. The Morgan fingerprint density at radius 2 is 1.54 bits per heavy atom. The van der Waals surface area contributed by atoms with Crippen LogP contribution in [0.15, 0.2) is 108 Å². The fraction of sp³-hybridized carbons (Fsp3) is 0.316. The molecule has 0 spiro atoms. The summed E-state index contributed by atoms with van der Waals surface area (Å²) in [6.45, 7) is 1.08. The van der Waals surface area contributed by atoms with Gasteiger partial charge in [0.1, 0.15) is 24.2 Å². The summed E-state index contributed by atoms with van der Waals surface area (Å²) in [5.74, 6) is -1.20. The summed E-state index contributed by atoms with van der Waals surface area (Å²) in [6, 6.07) is 27.2. The van der Waals surface area contributed by atoms with Gasteiger partial charge in [-0.2, -0.15) is 0 Å². The molecule has 0 aliphatic heterocycles. The first-order valence-electron chi connectivity index (χ1n) is 16.3. The van der Waals surface area contributed by atoms with Crippen molar-refractivity contribution in [2.75, 3.05) is 18.0 Å². The second-order valence-corrected chi connectivity index (χ2v) is 14.1. The molecule has 1 aliphatic carbocycles. The van der Waals surface area contributed by atoms with Gasteiger partial charge in [-0.05, 0) is 67.3 Å². The van der Waals surface area contributed by atoms with Crippen molar-refractivity contribution in [3.8, 4) is 5.75 Å². The molecule has 5 rings (SSSR count). The molecule has 10 heteroatoms. The van der Waals surface area contributed by atoms with Gasteiger partial charge in [0, 0.05) is 19.0 Å². The van der Waals surface area contributed by atoms with Crippen molar-refractivity contribution in [1.82, 2.24) is 10.2 Å².